The van der Waals surface area contributed by atoms with Gasteiger partial charge >= 0.3 is 5.97 Å². The van der Waals surface area contributed by atoms with E-state index in [2.05, 4.69) is 4.99 Å². The van der Waals surface area contributed by atoms with Crippen molar-refractivity contribution in [2.75, 3.05) is 20.3 Å². The normalized spacial score (nSPS) is 15.3. The maximum atomic E-state index is 12.9. The number of rotatable bonds is 9. The SMILES string of the molecule is CCOC(=O)c1ccc(N=C2SC(=Cc3ccc(OCc4ccccc4Cl)c(OCC)c3)C(=O)N2C)cc1. The van der Waals surface area contributed by atoms with Gasteiger partial charge in [0.05, 0.1) is 29.4 Å². The zero-order valence-electron chi connectivity index (χ0n) is 21.3. The van der Waals surface area contributed by atoms with Crippen LogP contribution in [0.3, 0.4) is 0 Å². The van der Waals surface area contributed by atoms with Gasteiger partial charge in [0.2, 0.25) is 0 Å². The summed E-state index contributed by atoms with van der Waals surface area (Å²) in [5, 5.41) is 1.18. The molecule has 1 heterocycles. The molecule has 0 saturated carbocycles. The van der Waals surface area contributed by atoms with Gasteiger partial charge in [-0.1, -0.05) is 35.9 Å². The number of amidine groups is 1. The maximum Gasteiger partial charge on any atom is 0.338 e. The van der Waals surface area contributed by atoms with E-state index in [4.69, 9.17) is 25.8 Å². The molecule has 1 saturated heterocycles. The van der Waals surface area contributed by atoms with Crippen molar-refractivity contribution < 1.29 is 23.8 Å². The molecule has 196 valence electrons. The molecule has 0 aromatic heterocycles. The second-order valence-corrected chi connectivity index (χ2v) is 9.57. The number of likely N-dealkylation sites (N-methyl/N-ethyl adjacent to an activating group) is 1. The van der Waals surface area contributed by atoms with E-state index < -0.39 is 0 Å². The van der Waals surface area contributed by atoms with Gasteiger partial charge in [-0.15, -0.1) is 0 Å². The second-order valence-electron chi connectivity index (χ2n) is 8.16. The Morgan fingerprint density at radius 2 is 1.76 bits per heavy atom. The lowest BCUT2D eigenvalue weighted by Crippen LogP contribution is -2.23. The third kappa shape index (κ3) is 6.57. The van der Waals surface area contributed by atoms with E-state index in [1.807, 2.05) is 49.4 Å². The third-order valence-corrected chi connectivity index (χ3v) is 6.94. The zero-order chi connectivity index (χ0) is 27.1. The van der Waals surface area contributed by atoms with Crippen molar-refractivity contribution in [2.24, 2.45) is 4.99 Å². The molecule has 3 aromatic carbocycles. The largest absolute Gasteiger partial charge is 0.490 e. The summed E-state index contributed by atoms with van der Waals surface area (Å²) in [7, 11) is 1.68. The molecule has 0 spiro atoms. The van der Waals surface area contributed by atoms with Crippen LogP contribution in [-0.4, -0.2) is 42.2 Å². The first kappa shape index (κ1) is 27.3. The van der Waals surface area contributed by atoms with Gasteiger partial charge in [-0.2, -0.15) is 0 Å². The molecule has 38 heavy (non-hydrogen) atoms. The van der Waals surface area contributed by atoms with Crippen LogP contribution in [0.25, 0.3) is 6.08 Å². The summed E-state index contributed by atoms with van der Waals surface area (Å²) < 4.78 is 16.8. The Kier molecular flexibility index (Phi) is 9.10. The highest BCUT2D eigenvalue weighted by molar-refractivity contribution is 8.18. The average molecular weight is 551 g/mol. The molecule has 3 aromatic rings. The summed E-state index contributed by atoms with van der Waals surface area (Å²) in [6, 6.07) is 19.8. The van der Waals surface area contributed by atoms with Crippen LogP contribution < -0.4 is 9.47 Å². The first-order chi connectivity index (χ1) is 18.4. The average Bonchev–Trinajstić information content (AvgIpc) is 3.17. The van der Waals surface area contributed by atoms with Crippen LogP contribution in [0.4, 0.5) is 5.69 Å². The molecule has 7 nitrogen and oxygen atoms in total. The van der Waals surface area contributed by atoms with Crippen molar-refractivity contribution in [1.82, 2.24) is 4.90 Å². The molecular weight excluding hydrogens is 524 g/mol. The molecule has 9 heteroatoms. The maximum absolute atomic E-state index is 12.9. The lowest BCUT2D eigenvalue weighted by Gasteiger charge is -2.13. The molecule has 0 bridgehead atoms. The molecule has 0 N–H and O–H groups in total. The quantitative estimate of drug-likeness (QED) is 0.217. The van der Waals surface area contributed by atoms with E-state index >= 15 is 0 Å². The second kappa shape index (κ2) is 12.7. The highest BCUT2D eigenvalue weighted by Gasteiger charge is 2.30. The fourth-order valence-electron chi connectivity index (χ4n) is 3.57. The lowest BCUT2D eigenvalue weighted by atomic mass is 10.1. The van der Waals surface area contributed by atoms with Gasteiger partial charge in [0.1, 0.15) is 6.61 Å². The number of ether oxygens (including phenoxy) is 3. The summed E-state index contributed by atoms with van der Waals surface area (Å²) in [6.45, 7) is 4.74. The van der Waals surface area contributed by atoms with E-state index in [9.17, 15) is 9.59 Å². The number of benzene rings is 3. The number of amides is 1. The van der Waals surface area contributed by atoms with Crippen LogP contribution in [-0.2, 0) is 16.1 Å². The fraction of sp³-hybridized carbons (Fsp3) is 0.207. The number of carbonyl (C=O) groups is 2. The Morgan fingerprint density at radius 3 is 2.47 bits per heavy atom. The molecule has 1 fully saturated rings. The summed E-state index contributed by atoms with van der Waals surface area (Å²) >= 11 is 7.52. The van der Waals surface area contributed by atoms with E-state index in [1.54, 1.807) is 44.3 Å². The van der Waals surface area contributed by atoms with Crippen LogP contribution in [0.1, 0.15) is 35.3 Å². The molecule has 1 aliphatic rings. The molecule has 0 aliphatic carbocycles. The molecule has 1 aliphatic heterocycles. The van der Waals surface area contributed by atoms with E-state index in [-0.39, 0.29) is 11.9 Å². The first-order valence-electron chi connectivity index (χ1n) is 12.1. The highest BCUT2D eigenvalue weighted by Crippen LogP contribution is 2.35. The fourth-order valence-corrected chi connectivity index (χ4v) is 4.75. The third-order valence-electron chi connectivity index (χ3n) is 5.51. The minimum Gasteiger partial charge on any atom is -0.490 e. The summed E-state index contributed by atoms with van der Waals surface area (Å²) in [5.41, 5.74) is 2.74. The first-order valence-corrected chi connectivity index (χ1v) is 13.3. The number of hydrogen-bond acceptors (Lipinski definition) is 7. The van der Waals surface area contributed by atoms with Crippen molar-refractivity contribution in [3.8, 4) is 11.5 Å². The minimum atomic E-state index is -0.383. The van der Waals surface area contributed by atoms with Crippen LogP contribution in [0.2, 0.25) is 5.02 Å². The number of halogens is 1. The highest BCUT2D eigenvalue weighted by atomic mass is 35.5. The predicted molar refractivity (Wildman–Crippen MR) is 151 cm³/mol. The monoisotopic (exact) mass is 550 g/mol. The molecular formula is C29H27ClN2O5S. The number of esters is 1. The topological polar surface area (TPSA) is 77.4 Å². The van der Waals surface area contributed by atoms with Gasteiger partial charge in [-0.05, 0) is 79.7 Å². The Hall–Kier alpha value is -3.75. The Morgan fingerprint density at radius 1 is 1.00 bits per heavy atom. The van der Waals surface area contributed by atoms with E-state index in [0.29, 0.717) is 57.7 Å². The molecule has 1 amide bonds. The van der Waals surface area contributed by atoms with Gasteiger partial charge in [-0.3, -0.25) is 9.69 Å². The van der Waals surface area contributed by atoms with Crippen LogP contribution in [0, 0.1) is 0 Å². The van der Waals surface area contributed by atoms with E-state index in [1.165, 1.54) is 16.7 Å². The van der Waals surface area contributed by atoms with Gasteiger partial charge < -0.3 is 14.2 Å². The van der Waals surface area contributed by atoms with Gasteiger partial charge in [0, 0.05) is 17.6 Å². The zero-order valence-corrected chi connectivity index (χ0v) is 22.8. The smallest absolute Gasteiger partial charge is 0.338 e. The van der Waals surface area contributed by atoms with Crippen molar-refractivity contribution in [2.45, 2.75) is 20.5 Å². The number of nitrogens with zero attached hydrogens (tertiary/aromatic N) is 2. The van der Waals surface area contributed by atoms with Gasteiger partial charge in [0.25, 0.3) is 5.91 Å². The van der Waals surface area contributed by atoms with Crippen molar-refractivity contribution >= 4 is 52.2 Å². The standard InChI is InChI=1S/C29H27ClN2O5S/c1-4-35-25-16-19(10-15-24(25)37-18-21-8-6-7-9-23(21)30)17-26-27(33)32(3)29(38-26)31-22-13-11-20(12-14-22)28(34)36-5-2/h6-17H,4-5,18H2,1-3H3. The van der Waals surface area contributed by atoms with Crippen LogP contribution in [0.5, 0.6) is 11.5 Å². The van der Waals surface area contributed by atoms with Crippen LogP contribution in [0.15, 0.2) is 76.6 Å². The number of thioether (sulfide) groups is 1. The lowest BCUT2D eigenvalue weighted by molar-refractivity contribution is -0.121. The Labute approximate surface area is 231 Å². The summed E-state index contributed by atoms with van der Waals surface area (Å²) in [4.78, 5) is 31.4. The molecule has 0 atom stereocenters. The van der Waals surface area contributed by atoms with E-state index in [0.717, 1.165) is 11.1 Å². The molecule has 0 unspecified atom stereocenters. The number of aliphatic imine (C=N–C) groups is 1. The van der Waals surface area contributed by atoms with Gasteiger partial charge in [0.15, 0.2) is 16.7 Å². The summed E-state index contributed by atoms with van der Waals surface area (Å²) in [5.74, 6) is 0.623. The summed E-state index contributed by atoms with van der Waals surface area (Å²) in [6.07, 6.45) is 1.80. The number of carbonyl (C=O) groups excluding carboxylic acids is 2. The predicted octanol–water partition coefficient (Wildman–Crippen LogP) is 6.73. The number of hydrogen-bond donors (Lipinski definition) is 0. The van der Waals surface area contributed by atoms with Crippen molar-refractivity contribution in [3.05, 3.63) is 93.3 Å². The van der Waals surface area contributed by atoms with Gasteiger partial charge in [-0.25, -0.2) is 9.79 Å². The Balaban J connectivity index is 1.51. The van der Waals surface area contributed by atoms with Crippen molar-refractivity contribution in [3.63, 3.8) is 0 Å². The molecule has 4 rings (SSSR count). The van der Waals surface area contributed by atoms with Crippen LogP contribution >= 0.6 is 23.4 Å². The minimum absolute atomic E-state index is 0.158. The Bertz CT molecular complexity index is 1390. The molecule has 0 radical (unpaired) electrons. The van der Waals surface area contributed by atoms with Crippen molar-refractivity contribution in [1.29, 1.82) is 0 Å².